The number of benzene rings is 2. The average Bonchev–Trinajstić information content (AvgIpc) is 3.13. The van der Waals surface area contributed by atoms with E-state index in [1.807, 2.05) is 0 Å². The summed E-state index contributed by atoms with van der Waals surface area (Å²) in [5, 5.41) is 11.9. The van der Waals surface area contributed by atoms with E-state index in [1.165, 1.54) is 36.6 Å². The molecule has 0 amide bonds. The van der Waals surface area contributed by atoms with Crippen molar-refractivity contribution >= 4 is 17.8 Å². The zero-order chi connectivity index (χ0) is 17.6. The van der Waals surface area contributed by atoms with Gasteiger partial charge in [-0.2, -0.15) is 5.10 Å². The number of methoxy groups -OCH3 is 1. The van der Waals surface area contributed by atoms with Crippen LogP contribution in [0.4, 0.5) is 4.39 Å². The zero-order valence-corrected chi connectivity index (χ0v) is 14.0. The molecule has 25 heavy (non-hydrogen) atoms. The molecule has 0 unspecified atom stereocenters. The fourth-order valence-electron chi connectivity index (χ4n) is 2.08. The molecule has 2 aromatic carbocycles. The highest BCUT2D eigenvalue weighted by Crippen LogP contribution is 2.36. The van der Waals surface area contributed by atoms with E-state index < -0.39 is 0 Å². The van der Waals surface area contributed by atoms with Gasteiger partial charge in [0.05, 0.1) is 18.3 Å². The summed E-state index contributed by atoms with van der Waals surface area (Å²) in [6, 6.07) is 9.51. The highest BCUT2D eigenvalue weighted by atomic mass is 35.5. The van der Waals surface area contributed by atoms with E-state index >= 15 is 0 Å². The number of rotatable bonds is 6. The summed E-state index contributed by atoms with van der Waals surface area (Å²) in [5.74, 6) is 0.589. The number of hydrogen-bond donors (Lipinski definition) is 0. The van der Waals surface area contributed by atoms with Crippen molar-refractivity contribution in [2.75, 3.05) is 7.11 Å². The van der Waals surface area contributed by atoms with Crippen molar-refractivity contribution in [3.63, 3.8) is 0 Å². The predicted molar refractivity (Wildman–Crippen MR) is 91.8 cm³/mol. The third-order valence-electron chi connectivity index (χ3n) is 3.29. The largest absolute Gasteiger partial charge is 0.493 e. The van der Waals surface area contributed by atoms with E-state index in [0.717, 1.165) is 11.1 Å². The first-order valence-corrected chi connectivity index (χ1v) is 7.67. The fourth-order valence-corrected chi connectivity index (χ4v) is 2.35. The second-order valence-corrected chi connectivity index (χ2v) is 5.44. The summed E-state index contributed by atoms with van der Waals surface area (Å²) < 4.78 is 25.5. The van der Waals surface area contributed by atoms with Gasteiger partial charge in [0.25, 0.3) is 0 Å². The molecule has 1 aromatic heterocycles. The molecule has 3 aromatic rings. The summed E-state index contributed by atoms with van der Waals surface area (Å²) in [6.45, 7) is 0.241. The normalized spacial score (nSPS) is 11.0. The van der Waals surface area contributed by atoms with Gasteiger partial charge < -0.3 is 9.47 Å². The molecule has 0 radical (unpaired) electrons. The smallest absolute Gasteiger partial charge is 0.180 e. The number of ether oxygens (including phenoxy) is 2. The summed E-state index contributed by atoms with van der Waals surface area (Å²) in [5.41, 5.74) is 1.54. The van der Waals surface area contributed by atoms with Crippen LogP contribution in [0.15, 0.2) is 54.2 Å². The van der Waals surface area contributed by atoms with E-state index in [4.69, 9.17) is 21.1 Å². The van der Waals surface area contributed by atoms with Crippen molar-refractivity contribution in [2.24, 2.45) is 5.10 Å². The Hall–Kier alpha value is -2.93. The molecule has 6 nitrogen and oxygen atoms in total. The van der Waals surface area contributed by atoms with Crippen LogP contribution in [0.3, 0.4) is 0 Å². The minimum atomic E-state index is -0.295. The van der Waals surface area contributed by atoms with E-state index in [-0.39, 0.29) is 12.4 Å². The van der Waals surface area contributed by atoms with Crippen LogP contribution in [0.2, 0.25) is 5.02 Å². The van der Waals surface area contributed by atoms with Gasteiger partial charge in [0.2, 0.25) is 0 Å². The monoisotopic (exact) mass is 360 g/mol. The Morgan fingerprint density at radius 2 is 1.92 bits per heavy atom. The van der Waals surface area contributed by atoms with Crippen molar-refractivity contribution in [1.29, 1.82) is 0 Å². The van der Waals surface area contributed by atoms with E-state index in [2.05, 4.69) is 15.3 Å². The Morgan fingerprint density at radius 3 is 2.60 bits per heavy atom. The quantitative estimate of drug-likeness (QED) is 0.631. The van der Waals surface area contributed by atoms with Crippen molar-refractivity contribution < 1.29 is 13.9 Å². The van der Waals surface area contributed by atoms with Crippen molar-refractivity contribution in [2.45, 2.75) is 6.61 Å². The van der Waals surface area contributed by atoms with Gasteiger partial charge in [-0.05, 0) is 35.4 Å². The minimum absolute atomic E-state index is 0.241. The van der Waals surface area contributed by atoms with E-state index in [0.29, 0.717) is 16.5 Å². The van der Waals surface area contributed by atoms with Gasteiger partial charge in [-0.25, -0.2) is 9.07 Å². The van der Waals surface area contributed by atoms with Gasteiger partial charge in [-0.1, -0.05) is 23.7 Å². The maximum absolute atomic E-state index is 12.9. The molecule has 3 rings (SSSR count). The molecule has 0 saturated carbocycles. The Morgan fingerprint density at radius 1 is 1.20 bits per heavy atom. The molecule has 0 aliphatic heterocycles. The first-order valence-electron chi connectivity index (χ1n) is 7.29. The fraction of sp³-hybridized carbons (Fsp3) is 0.118. The Labute approximate surface area is 148 Å². The van der Waals surface area contributed by atoms with Gasteiger partial charge in [-0.15, -0.1) is 10.2 Å². The number of halogens is 2. The van der Waals surface area contributed by atoms with Crippen molar-refractivity contribution in [3.8, 4) is 11.5 Å². The molecule has 0 fully saturated rings. The van der Waals surface area contributed by atoms with Gasteiger partial charge in [-0.3, -0.25) is 0 Å². The van der Waals surface area contributed by atoms with Crippen LogP contribution in [-0.2, 0) is 6.61 Å². The van der Waals surface area contributed by atoms with Crippen LogP contribution >= 0.6 is 11.6 Å². The standard InChI is InChI=1S/C17H14ClFN4O2/c1-24-16-7-13(8-22-23-10-20-21-11-23)6-15(18)17(16)25-9-12-2-4-14(19)5-3-12/h2-8,10-11H,9H2,1H3/b22-8+. The SMILES string of the molecule is COc1cc(/C=N/n2cnnc2)cc(Cl)c1OCc1ccc(F)cc1. The zero-order valence-electron chi connectivity index (χ0n) is 13.3. The van der Waals surface area contributed by atoms with E-state index in [1.54, 1.807) is 30.5 Å². The number of hydrogen-bond acceptors (Lipinski definition) is 5. The number of nitrogens with zero attached hydrogens (tertiary/aromatic N) is 4. The Balaban J connectivity index is 1.78. The van der Waals surface area contributed by atoms with E-state index in [9.17, 15) is 4.39 Å². The highest BCUT2D eigenvalue weighted by Gasteiger charge is 2.12. The molecule has 0 N–H and O–H groups in total. The molecular formula is C17H14ClFN4O2. The van der Waals surface area contributed by atoms with Gasteiger partial charge >= 0.3 is 0 Å². The molecule has 0 spiro atoms. The van der Waals surface area contributed by atoms with Crippen LogP contribution in [0.1, 0.15) is 11.1 Å². The maximum atomic E-state index is 12.9. The summed E-state index contributed by atoms with van der Waals surface area (Å²) in [4.78, 5) is 0. The first-order chi connectivity index (χ1) is 12.2. The molecule has 1 heterocycles. The predicted octanol–water partition coefficient (Wildman–Crippen LogP) is 3.54. The molecule has 0 saturated heterocycles. The molecule has 128 valence electrons. The number of aromatic nitrogens is 3. The third kappa shape index (κ3) is 4.33. The van der Waals surface area contributed by atoms with Crippen LogP contribution in [0.5, 0.6) is 11.5 Å². The van der Waals surface area contributed by atoms with Crippen LogP contribution < -0.4 is 9.47 Å². The molecule has 0 aliphatic carbocycles. The van der Waals surface area contributed by atoms with Crippen LogP contribution in [-0.4, -0.2) is 28.2 Å². The minimum Gasteiger partial charge on any atom is -0.493 e. The second-order valence-electron chi connectivity index (χ2n) is 5.04. The van der Waals surface area contributed by atoms with Gasteiger partial charge in [0, 0.05) is 0 Å². The summed E-state index contributed by atoms with van der Waals surface area (Å²) in [7, 11) is 1.52. The lowest BCUT2D eigenvalue weighted by Crippen LogP contribution is -2.00. The van der Waals surface area contributed by atoms with Crippen molar-refractivity contribution in [1.82, 2.24) is 14.9 Å². The van der Waals surface area contributed by atoms with Gasteiger partial charge in [0.1, 0.15) is 25.1 Å². The lowest BCUT2D eigenvalue weighted by molar-refractivity contribution is 0.284. The lowest BCUT2D eigenvalue weighted by Gasteiger charge is -2.13. The topological polar surface area (TPSA) is 61.5 Å². The molecule has 8 heteroatoms. The van der Waals surface area contributed by atoms with Gasteiger partial charge in [0.15, 0.2) is 11.5 Å². The summed E-state index contributed by atoms with van der Waals surface area (Å²) >= 11 is 6.31. The average molecular weight is 361 g/mol. The Bertz CT molecular complexity index is 867. The molecule has 0 atom stereocenters. The lowest BCUT2D eigenvalue weighted by atomic mass is 10.2. The van der Waals surface area contributed by atoms with Crippen LogP contribution in [0.25, 0.3) is 0 Å². The molecule has 0 bridgehead atoms. The maximum Gasteiger partial charge on any atom is 0.180 e. The molecule has 0 aliphatic rings. The summed E-state index contributed by atoms with van der Waals surface area (Å²) in [6.07, 6.45) is 4.53. The Kier molecular flexibility index (Phi) is 5.25. The first kappa shape index (κ1) is 16.9. The van der Waals surface area contributed by atoms with Crippen molar-refractivity contribution in [3.05, 3.63) is 71.0 Å². The second kappa shape index (κ2) is 7.76. The molecular weight excluding hydrogens is 347 g/mol. The third-order valence-corrected chi connectivity index (χ3v) is 3.58. The highest BCUT2D eigenvalue weighted by molar-refractivity contribution is 6.32. The van der Waals surface area contributed by atoms with Crippen LogP contribution in [0, 0.1) is 5.82 Å².